The lowest BCUT2D eigenvalue weighted by Gasteiger charge is -2.14. The summed E-state index contributed by atoms with van der Waals surface area (Å²) in [4.78, 5) is 3.47. The second-order valence-electron chi connectivity index (χ2n) is 5.10. The summed E-state index contributed by atoms with van der Waals surface area (Å²) in [5, 5.41) is 2.11. The fraction of sp³-hybridized carbons (Fsp3) is 0.294. The molecular formula is C17H19NO3. The Morgan fingerprint density at radius 3 is 2.19 bits per heavy atom. The Labute approximate surface area is 123 Å². The van der Waals surface area contributed by atoms with Crippen LogP contribution in [0.2, 0.25) is 0 Å². The summed E-state index contributed by atoms with van der Waals surface area (Å²) in [7, 11) is 5.01. The Kier molecular flexibility index (Phi) is 3.16. The number of benzene rings is 2. The minimum atomic E-state index is 0.759. The molecule has 21 heavy (non-hydrogen) atoms. The zero-order valence-corrected chi connectivity index (χ0v) is 13.0. The zero-order valence-electron chi connectivity index (χ0n) is 13.0. The van der Waals surface area contributed by atoms with Gasteiger partial charge in [-0.2, -0.15) is 0 Å². The van der Waals surface area contributed by atoms with Gasteiger partial charge >= 0.3 is 0 Å². The van der Waals surface area contributed by atoms with Crippen molar-refractivity contribution < 1.29 is 14.2 Å². The molecule has 1 aromatic heterocycles. The molecule has 0 aliphatic carbocycles. The lowest BCUT2D eigenvalue weighted by Crippen LogP contribution is -1.96. The van der Waals surface area contributed by atoms with Crippen LogP contribution in [0.15, 0.2) is 18.2 Å². The summed E-state index contributed by atoms with van der Waals surface area (Å²) >= 11 is 0. The molecule has 3 aromatic rings. The SMILES string of the molecule is COc1ccc2[nH]c3c(C)c(C)c(OC)c(OC)c3c2c1. The number of ether oxygens (including phenoxy) is 3. The second kappa shape index (κ2) is 4.88. The van der Waals surface area contributed by atoms with Gasteiger partial charge in [-0.1, -0.05) is 0 Å². The van der Waals surface area contributed by atoms with Crippen molar-refractivity contribution in [3.8, 4) is 17.2 Å². The Balaban J connectivity index is 2.54. The van der Waals surface area contributed by atoms with E-state index in [2.05, 4.69) is 11.9 Å². The lowest BCUT2D eigenvalue weighted by molar-refractivity contribution is 0.356. The van der Waals surface area contributed by atoms with E-state index in [4.69, 9.17) is 14.2 Å². The standard InChI is InChI=1S/C17H19NO3/c1-9-10(2)16(20-4)17(21-5)14-12-8-11(19-3)6-7-13(12)18-15(9)14/h6-8,18H,1-5H3. The van der Waals surface area contributed by atoms with Crippen LogP contribution in [0.3, 0.4) is 0 Å². The van der Waals surface area contributed by atoms with Gasteiger partial charge in [-0.25, -0.2) is 0 Å². The number of hydrogen-bond acceptors (Lipinski definition) is 3. The Bertz CT molecular complexity index is 833. The number of H-pyrrole nitrogens is 1. The van der Waals surface area contributed by atoms with Crippen LogP contribution in [-0.2, 0) is 0 Å². The number of nitrogens with one attached hydrogen (secondary N) is 1. The van der Waals surface area contributed by atoms with Crippen molar-refractivity contribution in [1.82, 2.24) is 4.98 Å². The molecule has 0 saturated carbocycles. The summed E-state index contributed by atoms with van der Waals surface area (Å²) in [5.74, 6) is 2.36. The molecule has 0 amide bonds. The molecule has 4 nitrogen and oxygen atoms in total. The molecule has 0 saturated heterocycles. The molecule has 0 aliphatic heterocycles. The van der Waals surface area contributed by atoms with Crippen molar-refractivity contribution in [3.05, 3.63) is 29.3 Å². The maximum absolute atomic E-state index is 5.64. The highest BCUT2D eigenvalue weighted by molar-refractivity contribution is 6.13. The van der Waals surface area contributed by atoms with Gasteiger partial charge in [0.25, 0.3) is 0 Å². The number of aryl methyl sites for hydroxylation is 1. The summed E-state index contributed by atoms with van der Waals surface area (Å²) in [6.07, 6.45) is 0. The van der Waals surface area contributed by atoms with Crippen LogP contribution in [0, 0.1) is 13.8 Å². The first-order valence-electron chi connectivity index (χ1n) is 6.83. The van der Waals surface area contributed by atoms with Crippen LogP contribution in [-0.4, -0.2) is 26.3 Å². The summed E-state index contributed by atoms with van der Waals surface area (Å²) in [6, 6.07) is 5.99. The molecule has 0 spiro atoms. The van der Waals surface area contributed by atoms with Crippen LogP contribution in [0.25, 0.3) is 21.8 Å². The fourth-order valence-electron chi connectivity index (χ4n) is 2.90. The maximum atomic E-state index is 5.64. The number of hydrogen-bond donors (Lipinski definition) is 1. The summed E-state index contributed by atoms with van der Waals surface area (Å²) in [5.41, 5.74) is 4.38. The van der Waals surface area contributed by atoms with Gasteiger partial charge in [0.1, 0.15) is 5.75 Å². The van der Waals surface area contributed by atoms with Gasteiger partial charge in [0, 0.05) is 10.9 Å². The largest absolute Gasteiger partial charge is 0.497 e. The number of aromatic amines is 1. The van der Waals surface area contributed by atoms with Crippen LogP contribution >= 0.6 is 0 Å². The molecule has 4 heteroatoms. The third-order valence-corrected chi connectivity index (χ3v) is 4.13. The molecule has 3 rings (SSSR count). The highest BCUT2D eigenvalue weighted by Crippen LogP contribution is 2.44. The number of aromatic nitrogens is 1. The summed E-state index contributed by atoms with van der Waals surface area (Å²) < 4.78 is 16.5. The smallest absolute Gasteiger partial charge is 0.171 e. The predicted molar refractivity (Wildman–Crippen MR) is 84.9 cm³/mol. The topological polar surface area (TPSA) is 43.5 Å². The first-order chi connectivity index (χ1) is 10.1. The summed E-state index contributed by atoms with van der Waals surface area (Å²) in [6.45, 7) is 4.13. The molecule has 1 N–H and O–H groups in total. The van der Waals surface area contributed by atoms with E-state index in [1.54, 1.807) is 21.3 Å². The molecule has 1 heterocycles. The van der Waals surface area contributed by atoms with Gasteiger partial charge in [0.15, 0.2) is 11.5 Å². The minimum absolute atomic E-state index is 0.759. The number of methoxy groups -OCH3 is 3. The van der Waals surface area contributed by atoms with Crippen LogP contribution in [0.5, 0.6) is 17.2 Å². The molecule has 0 atom stereocenters. The van der Waals surface area contributed by atoms with E-state index in [9.17, 15) is 0 Å². The highest BCUT2D eigenvalue weighted by atomic mass is 16.5. The lowest BCUT2D eigenvalue weighted by atomic mass is 10.0. The first-order valence-corrected chi connectivity index (χ1v) is 6.83. The van der Waals surface area contributed by atoms with Crippen molar-refractivity contribution in [1.29, 1.82) is 0 Å². The Morgan fingerprint density at radius 1 is 0.857 bits per heavy atom. The average Bonchev–Trinajstić information content (AvgIpc) is 2.89. The molecule has 2 aromatic carbocycles. The van der Waals surface area contributed by atoms with Gasteiger partial charge in [0.05, 0.1) is 32.2 Å². The van der Waals surface area contributed by atoms with E-state index in [-0.39, 0.29) is 0 Å². The third kappa shape index (κ3) is 1.82. The van der Waals surface area contributed by atoms with Crippen LogP contribution in [0.1, 0.15) is 11.1 Å². The van der Waals surface area contributed by atoms with Crippen molar-refractivity contribution in [2.24, 2.45) is 0 Å². The molecule has 0 radical (unpaired) electrons. The minimum Gasteiger partial charge on any atom is -0.497 e. The number of fused-ring (bicyclic) bond motifs is 3. The quantitative estimate of drug-likeness (QED) is 0.792. The van der Waals surface area contributed by atoms with E-state index in [1.807, 2.05) is 25.1 Å². The molecule has 0 aliphatic rings. The van der Waals surface area contributed by atoms with E-state index in [0.29, 0.717) is 0 Å². The molecule has 110 valence electrons. The Morgan fingerprint density at radius 2 is 1.57 bits per heavy atom. The monoisotopic (exact) mass is 285 g/mol. The fourth-order valence-corrected chi connectivity index (χ4v) is 2.90. The van der Waals surface area contributed by atoms with Gasteiger partial charge in [0.2, 0.25) is 0 Å². The molecular weight excluding hydrogens is 266 g/mol. The maximum Gasteiger partial charge on any atom is 0.171 e. The zero-order chi connectivity index (χ0) is 15.1. The number of rotatable bonds is 3. The van der Waals surface area contributed by atoms with E-state index >= 15 is 0 Å². The predicted octanol–water partition coefficient (Wildman–Crippen LogP) is 3.96. The van der Waals surface area contributed by atoms with Gasteiger partial charge in [-0.15, -0.1) is 0 Å². The van der Waals surface area contributed by atoms with E-state index in [1.165, 1.54) is 0 Å². The van der Waals surface area contributed by atoms with Crippen molar-refractivity contribution in [2.45, 2.75) is 13.8 Å². The first kappa shape index (κ1) is 13.6. The van der Waals surface area contributed by atoms with Crippen molar-refractivity contribution in [2.75, 3.05) is 21.3 Å². The molecule has 0 fully saturated rings. The average molecular weight is 285 g/mol. The van der Waals surface area contributed by atoms with Crippen molar-refractivity contribution >= 4 is 21.8 Å². The van der Waals surface area contributed by atoms with Crippen LogP contribution in [0.4, 0.5) is 0 Å². The normalized spacial score (nSPS) is 11.1. The van der Waals surface area contributed by atoms with Crippen molar-refractivity contribution in [3.63, 3.8) is 0 Å². The van der Waals surface area contributed by atoms with E-state index < -0.39 is 0 Å². The Hall–Kier alpha value is -2.36. The highest BCUT2D eigenvalue weighted by Gasteiger charge is 2.20. The second-order valence-corrected chi connectivity index (χ2v) is 5.10. The van der Waals surface area contributed by atoms with Crippen LogP contribution < -0.4 is 14.2 Å². The van der Waals surface area contributed by atoms with Gasteiger partial charge < -0.3 is 19.2 Å². The molecule has 0 bridgehead atoms. The molecule has 0 unspecified atom stereocenters. The van der Waals surface area contributed by atoms with Gasteiger partial charge in [-0.05, 0) is 43.2 Å². The van der Waals surface area contributed by atoms with E-state index in [0.717, 1.165) is 50.2 Å². The van der Waals surface area contributed by atoms with Gasteiger partial charge in [-0.3, -0.25) is 0 Å². The third-order valence-electron chi connectivity index (χ3n) is 4.13.